The number of hydrogen-bond acceptors (Lipinski definition) is 4. The van der Waals surface area contributed by atoms with Gasteiger partial charge in [-0.05, 0) is 18.4 Å². The predicted octanol–water partition coefficient (Wildman–Crippen LogP) is 1.63. The monoisotopic (exact) mass is 209 g/mol. The zero-order chi connectivity index (χ0) is 11.3. The highest BCUT2D eigenvalue weighted by Crippen LogP contribution is 2.04. The minimum absolute atomic E-state index is 0.176. The van der Waals surface area contributed by atoms with Gasteiger partial charge in [0.05, 0.1) is 0 Å². The molecule has 0 fully saturated rings. The summed E-state index contributed by atoms with van der Waals surface area (Å²) in [6.07, 6.45) is 2.46. The van der Waals surface area contributed by atoms with Crippen LogP contribution in [0.2, 0.25) is 0 Å². The average molecular weight is 209 g/mol. The Balaban J connectivity index is 2.54. The molecule has 0 atom stereocenters. The molecule has 5 heteroatoms. The molecule has 1 rings (SSSR count). The first-order valence-electron chi connectivity index (χ1n) is 4.90. The summed E-state index contributed by atoms with van der Waals surface area (Å²) in [7, 11) is 0. The number of aromatic carboxylic acids is 1. The zero-order valence-corrected chi connectivity index (χ0v) is 8.90. The van der Waals surface area contributed by atoms with Crippen molar-refractivity contribution in [2.45, 2.75) is 20.3 Å². The highest BCUT2D eigenvalue weighted by molar-refractivity contribution is 5.83. The minimum atomic E-state index is -1.11. The number of carboxylic acid groups (broad SMARTS) is 1. The fraction of sp³-hybridized carbons (Fsp3) is 0.500. The van der Waals surface area contributed by atoms with E-state index in [1.54, 1.807) is 6.07 Å². The van der Waals surface area contributed by atoms with Crippen molar-refractivity contribution in [2.24, 2.45) is 5.92 Å². The Bertz CT molecular complexity index is 339. The van der Waals surface area contributed by atoms with Crippen LogP contribution < -0.4 is 5.32 Å². The van der Waals surface area contributed by atoms with Crippen molar-refractivity contribution in [3.63, 3.8) is 0 Å². The Hall–Kier alpha value is -1.65. The molecule has 15 heavy (non-hydrogen) atoms. The van der Waals surface area contributed by atoms with Gasteiger partial charge in [-0.2, -0.15) is 0 Å². The third-order valence-electron chi connectivity index (χ3n) is 1.87. The van der Waals surface area contributed by atoms with Crippen LogP contribution in [-0.2, 0) is 0 Å². The lowest BCUT2D eigenvalue weighted by Crippen LogP contribution is -2.10. The van der Waals surface area contributed by atoms with Crippen LogP contribution in [0.1, 0.15) is 30.9 Å². The van der Waals surface area contributed by atoms with Gasteiger partial charge in [0.1, 0.15) is 5.82 Å². The smallest absolute Gasteiger partial charge is 0.374 e. The predicted molar refractivity (Wildman–Crippen MR) is 56.9 cm³/mol. The fourth-order valence-electron chi connectivity index (χ4n) is 1.05. The van der Waals surface area contributed by atoms with Gasteiger partial charge in [0.25, 0.3) is 0 Å². The third kappa shape index (κ3) is 3.93. The fourth-order valence-corrected chi connectivity index (χ4v) is 1.05. The summed E-state index contributed by atoms with van der Waals surface area (Å²) in [6.45, 7) is 5.04. The summed E-state index contributed by atoms with van der Waals surface area (Å²) in [5.41, 5.74) is 0. The molecular formula is C10H15N3O2. The first-order valence-corrected chi connectivity index (χ1v) is 4.90. The molecular weight excluding hydrogens is 194 g/mol. The molecule has 0 aliphatic rings. The van der Waals surface area contributed by atoms with Crippen molar-refractivity contribution in [1.29, 1.82) is 0 Å². The quantitative estimate of drug-likeness (QED) is 0.770. The van der Waals surface area contributed by atoms with E-state index in [1.807, 2.05) is 0 Å². The summed E-state index contributed by atoms with van der Waals surface area (Å²) >= 11 is 0. The number of carbonyl (C=O) groups is 1. The van der Waals surface area contributed by atoms with Gasteiger partial charge in [0.2, 0.25) is 5.82 Å². The van der Waals surface area contributed by atoms with Gasteiger partial charge in [0, 0.05) is 12.7 Å². The van der Waals surface area contributed by atoms with Crippen molar-refractivity contribution >= 4 is 11.8 Å². The van der Waals surface area contributed by atoms with E-state index in [2.05, 4.69) is 29.1 Å². The maximum atomic E-state index is 10.6. The molecule has 0 radical (unpaired) electrons. The standard InChI is InChI=1S/C10H15N3O2/c1-7(2)3-5-11-8-4-6-12-9(13-8)10(14)15/h4,6-7H,3,5H2,1-2H3,(H,14,15)(H,11,12,13). The third-order valence-corrected chi connectivity index (χ3v) is 1.87. The molecule has 5 nitrogen and oxygen atoms in total. The topological polar surface area (TPSA) is 75.1 Å². The van der Waals surface area contributed by atoms with E-state index in [0.717, 1.165) is 13.0 Å². The van der Waals surface area contributed by atoms with Gasteiger partial charge in [0.15, 0.2) is 0 Å². The normalized spacial score (nSPS) is 10.3. The van der Waals surface area contributed by atoms with Crippen LogP contribution in [0.3, 0.4) is 0 Å². The second-order valence-electron chi connectivity index (χ2n) is 3.68. The van der Waals surface area contributed by atoms with Crippen LogP contribution in [0, 0.1) is 5.92 Å². The molecule has 1 aromatic heterocycles. The average Bonchev–Trinajstić information content (AvgIpc) is 2.17. The minimum Gasteiger partial charge on any atom is -0.475 e. The van der Waals surface area contributed by atoms with Gasteiger partial charge >= 0.3 is 5.97 Å². The number of carboxylic acids is 1. The number of aromatic nitrogens is 2. The van der Waals surface area contributed by atoms with Crippen molar-refractivity contribution in [3.05, 3.63) is 18.1 Å². The largest absolute Gasteiger partial charge is 0.475 e. The van der Waals surface area contributed by atoms with Crippen molar-refractivity contribution < 1.29 is 9.90 Å². The molecule has 0 saturated carbocycles. The first kappa shape index (κ1) is 11.4. The summed E-state index contributed by atoms with van der Waals surface area (Å²) in [6, 6.07) is 1.66. The zero-order valence-electron chi connectivity index (χ0n) is 8.90. The molecule has 0 aliphatic heterocycles. The Morgan fingerprint density at radius 2 is 2.33 bits per heavy atom. The molecule has 0 aromatic carbocycles. The number of hydrogen-bond donors (Lipinski definition) is 2. The van der Waals surface area contributed by atoms with E-state index in [-0.39, 0.29) is 5.82 Å². The number of anilines is 1. The summed E-state index contributed by atoms with van der Waals surface area (Å²) in [5.74, 6) is -0.117. The Morgan fingerprint density at radius 1 is 1.60 bits per heavy atom. The molecule has 0 unspecified atom stereocenters. The maximum absolute atomic E-state index is 10.6. The second kappa shape index (κ2) is 5.29. The maximum Gasteiger partial charge on any atom is 0.374 e. The summed E-state index contributed by atoms with van der Waals surface area (Å²) in [5, 5.41) is 11.7. The Kier molecular flexibility index (Phi) is 4.03. The van der Waals surface area contributed by atoms with Crippen LogP contribution in [0.4, 0.5) is 5.82 Å². The summed E-state index contributed by atoms with van der Waals surface area (Å²) in [4.78, 5) is 18.1. The Labute approximate surface area is 88.6 Å². The van der Waals surface area contributed by atoms with Gasteiger partial charge in [-0.15, -0.1) is 0 Å². The lowest BCUT2D eigenvalue weighted by atomic mass is 10.1. The molecule has 2 N–H and O–H groups in total. The van der Waals surface area contributed by atoms with Crippen molar-refractivity contribution in [2.75, 3.05) is 11.9 Å². The van der Waals surface area contributed by atoms with Crippen LogP contribution >= 0.6 is 0 Å². The van der Waals surface area contributed by atoms with E-state index in [1.165, 1.54) is 6.20 Å². The van der Waals surface area contributed by atoms with Gasteiger partial charge in [-0.25, -0.2) is 14.8 Å². The number of rotatable bonds is 5. The number of nitrogens with zero attached hydrogens (tertiary/aromatic N) is 2. The summed E-state index contributed by atoms with van der Waals surface area (Å²) < 4.78 is 0. The SMILES string of the molecule is CC(C)CCNc1ccnc(C(=O)O)n1. The van der Waals surface area contributed by atoms with E-state index >= 15 is 0 Å². The van der Waals surface area contributed by atoms with E-state index < -0.39 is 5.97 Å². The van der Waals surface area contributed by atoms with Crippen LogP contribution in [-0.4, -0.2) is 27.6 Å². The Morgan fingerprint density at radius 3 is 2.93 bits per heavy atom. The van der Waals surface area contributed by atoms with Crippen LogP contribution in [0.15, 0.2) is 12.3 Å². The molecule has 82 valence electrons. The lowest BCUT2D eigenvalue weighted by Gasteiger charge is -2.07. The van der Waals surface area contributed by atoms with Crippen molar-refractivity contribution in [3.8, 4) is 0 Å². The molecule has 1 heterocycles. The molecule has 0 amide bonds. The molecule has 1 aromatic rings. The molecule has 0 aliphatic carbocycles. The van der Waals surface area contributed by atoms with Gasteiger partial charge in [-0.1, -0.05) is 13.8 Å². The van der Waals surface area contributed by atoms with Crippen LogP contribution in [0.25, 0.3) is 0 Å². The van der Waals surface area contributed by atoms with Crippen LogP contribution in [0.5, 0.6) is 0 Å². The highest BCUT2D eigenvalue weighted by Gasteiger charge is 2.06. The van der Waals surface area contributed by atoms with Crippen molar-refractivity contribution in [1.82, 2.24) is 9.97 Å². The van der Waals surface area contributed by atoms with E-state index in [0.29, 0.717) is 11.7 Å². The van der Waals surface area contributed by atoms with E-state index in [9.17, 15) is 4.79 Å². The second-order valence-corrected chi connectivity index (χ2v) is 3.68. The first-order chi connectivity index (χ1) is 7.09. The molecule has 0 saturated heterocycles. The molecule has 0 bridgehead atoms. The van der Waals surface area contributed by atoms with E-state index in [4.69, 9.17) is 5.11 Å². The highest BCUT2D eigenvalue weighted by atomic mass is 16.4. The number of nitrogens with one attached hydrogen (secondary N) is 1. The molecule has 0 spiro atoms. The van der Waals surface area contributed by atoms with Gasteiger partial charge < -0.3 is 10.4 Å². The van der Waals surface area contributed by atoms with Gasteiger partial charge in [-0.3, -0.25) is 0 Å². The lowest BCUT2D eigenvalue weighted by molar-refractivity contribution is 0.0683.